The number of urea groups is 1. The third-order valence-electron chi connectivity index (χ3n) is 3.43. The smallest absolute Gasteiger partial charge is 0.322 e. The summed E-state index contributed by atoms with van der Waals surface area (Å²) in [5.74, 6) is -0.318. The number of carbonyl (C=O) groups is 2. The van der Waals surface area contributed by atoms with E-state index in [-0.39, 0.29) is 23.8 Å². The molecule has 108 valence electrons. The predicted molar refractivity (Wildman–Crippen MR) is 73.8 cm³/mol. The number of hydrogen-bond acceptors (Lipinski definition) is 2. The number of anilines is 1. The van der Waals surface area contributed by atoms with Crippen LogP contribution in [0.1, 0.15) is 13.8 Å². The molecule has 1 saturated heterocycles. The lowest BCUT2D eigenvalue weighted by atomic mass is 10.2. The lowest BCUT2D eigenvalue weighted by molar-refractivity contribution is -0.131. The van der Waals surface area contributed by atoms with Crippen LogP contribution in [0.2, 0.25) is 0 Å². The normalized spacial score (nSPS) is 18.9. The lowest BCUT2D eigenvalue weighted by Crippen LogP contribution is -2.56. The van der Waals surface area contributed by atoms with Gasteiger partial charge in [0.05, 0.1) is 0 Å². The number of amides is 3. The summed E-state index contributed by atoms with van der Waals surface area (Å²) in [6.45, 7) is 5.00. The molecular formula is C14H18FN3O2. The van der Waals surface area contributed by atoms with E-state index in [1.54, 1.807) is 9.80 Å². The first-order chi connectivity index (χ1) is 9.47. The molecule has 0 spiro atoms. The van der Waals surface area contributed by atoms with Crippen molar-refractivity contribution < 1.29 is 14.0 Å². The van der Waals surface area contributed by atoms with Crippen molar-refractivity contribution in [1.29, 1.82) is 0 Å². The molecule has 1 fully saturated rings. The maximum atomic E-state index is 12.8. The van der Waals surface area contributed by atoms with Crippen LogP contribution in [0, 0.1) is 5.82 Å². The van der Waals surface area contributed by atoms with Gasteiger partial charge in [-0.2, -0.15) is 0 Å². The molecule has 0 bridgehead atoms. The highest BCUT2D eigenvalue weighted by atomic mass is 19.1. The summed E-state index contributed by atoms with van der Waals surface area (Å²) in [4.78, 5) is 26.9. The van der Waals surface area contributed by atoms with Gasteiger partial charge in [0.1, 0.15) is 5.82 Å². The van der Waals surface area contributed by atoms with Crippen molar-refractivity contribution in [2.24, 2.45) is 0 Å². The molecule has 0 radical (unpaired) electrons. The van der Waals surface area contributed by atoms with Crippen molar-refractivity contribution in [3.05, 3.63) is 30.1 Å². The van der Waals surface area contributed by atoms with Gasteiger partial charge < -0.3 is 15.1 Å². The summed E-state index contributed by atoms with van der Waals surface area (Å²) in [6, 6.07) is 5.35. The first-order valence-electron chi connectivity index (χ1n) is 6.56. The van der Waals surface area contributed by atoms with E-state index >= 15 is 0 Å². The number of carbonyl (C=O) groups excluding carboxylic acids is 2. The molecule has 1 atom stereocenters. The molecule has 1 N–H and O–H groups in total. The second-order valence-corrected chi connectivity index (χ2v) is 4.94. The van der Waals surface area contributed by atoms with E-state index in [2.05, 4.69) is 5.32 Å². The Morgan fingerprint density at radius 3 is 2.45 bits per heavy atom. The van der Waals surface area contributed by atoms with Crippen LogP contribution in [0.3, 0.4) is 0 Å². The van der Waals surface area contributed by atoms with E-state index in [0.717, 1.165) is 0 Å². The largest absolute Gasteiger partial charge is 0.339 e. The van der Waals surface area contributed by atoms with Crippen molar-refractivity contribution in [2.75, 3.05) is 25.0 Å². The average molecular weight is 279 g/mol. The van der Waals surface area contributed by atoms with Gasteiger partial charge in [0, 0.05) is 38.3 Å². The number of benzene rings is 1. The minimum atomic E-state index is -0.341. The number of halogens is 1. The van der Waals surface area contributed by atoms with E-state index in [1.165, 1.54) is 31.2 Å². The zero-order chi connectivity index (χ0) is 14.7. The van der Waals surface area contributed by atoms with Crippen molar-refractivity contribution in [2.45, 2.75) is 19.9 Å². The first kappa shape index (κ1) is 14.3. The summed E-state index contributed by atoms with van der Waals surface area (Å²) in [7, 11) is 0. The van der Waals surface area contributed by atoms with Gasteiger partial charge >= 0.3 is 6.03 Å². The third kappa shape index (κ3) is 3.26. The van der Waals surface area contributed by atoms with Gasteiger partial charge in [0.15, 0.2) is 0 Å². The van der Waals surface area contributed by atoms with E-state index in [9.17, 15) is 14.0 Å². The van der Waals surface area contributed by atoms with Gasteiger partial charge in [0.2, 0.25) is 5.91 Å². The van der Waals surface area contributed by atoms with Gasteiger partial charge in [0.25, 0.3) is 0 Å². The van der Waals surface area contributed by atoms with Gasteiger partial charge in [-0.05, 0) is 31.2 Å². The molecule has 20 heavy (non-hydrogen) atoms. The Morgan fingerprint density at radius 1 is 1.25 bits per heavy atom. The topological polar surface area (TPSA) is 52.7 Å². The molecule has 1 aliphatic rings. The fourth-order valence-corrected chi connectivity index (χ4v) is 2.27. The standard InChI is InChI=1S/C14H18FN3O2/c1-10-9-17(11(2)19)7-8-18(10)14(20)16-13-5-3-12(15)4-6-13/h3-6,10H,7-9H2,1-2H3,(H,16,20). The molecule has 1 aliphatic heterocycles. The third-order valence-corrected chi connectivity index (χ3v) is 3.43. The highest BCUT2D eigenvalue weighted by Gasteiger charge is 2.28. The monoisotopic (exact) mass is 279 g/mol. The van der Waals surface area contributed by atoms with Gasteiger partial charge in [-0.15, -0.1) is 0 Å². The second kappa shape index (κ2) is 5.90. The van der Waals surface area contributed by atoms with Gasteiger partial charge in [-0.25, -0.2) is 9.18 Å². The summed E-state index contributed by atoms with van der Waals surface area (Å²) < 4.78 is 12.8. The molecule has 2 rings (SSSR count). The molecule has 0 aromatic heterocycles. The summed E-state index contributed by atoms with van der Waals surface area (Å²) in [5, 5.41) is 2.73. The Balaban J connectivity index is 1.96. The van der Waals surface area contributed by atoms with Crippen molar-refractivity contribution in [3.8, 4) is 0 Å². The SMILES string of the molecule is CC(=O)N1CCN(C(=O)Nc2ccc(F)cc2)C(C)C1. The lowest BCUT2D eigenvalue weighted by Gasteiger charge is -2.39. The summed E-state index contributed by atoms with van der Waals surface area (Å²) >= 11 is 0. The highest BCUT2D eigenvalue weighted by molar-refractivity contribution is 5.89. The minimum absolute atomic E-state index is 0.0236. The Hall–Kier alpha value is -2.11. The van der Waals surface area contributed by atoms with Crippen LogP contribution in [0.5, 0.6) is 0 Å². The van der Waals surface area contributed by atoms with Crippen LogP contribution in [-0.4, -0.2) is 47.4 Å². The van der Waals surface area contributed by atoms with E-state index in [4.69, 9.17) is 0 Å². The van der Waals surface area contributed by atoms with E-state index in [1.807, 2.05) is 6.92 Å². The highest BCUT2D eigenvalue weighted by Crippen LogP contribution is 2.14. The molecule has 6 heteroatoms. The predicted octanol–water partition coefficient (Wildman–Crippen LogP) is 1.91. The molecular weight excluding hydrogens is 261 g/mol. The number of piperazine rings is 1. The van der Waals surface area contributed by atoms with Crippen molar-refractivity contribution >= 4 is 17.6 Å². The number of nitrogens with one attached hydrogen (secondary N) is 1. The number of rotatable bonds is 1. The minimum Gasteiger partial charge on any atom is -0.339 e. The Morgan fingerprint density at radius 2 is 1.90 bits per heavy atom. The van der Waals surface area contributed by atoms with Crippen LogP contribution < -0.4 is 5.32 Å². The molecule has 1 aromatic carbocycles. The molecule has 0 saturated carbocycles. The maximum Gasteiger partial charge on any atom is 0.322 e. The molecule has 5 nitrogen and oxygen atoms in total. The quantitative estimate of drug-likeness (QED) is 0.853. The Kier molecular flexibility index (Phi) is 4.22. The molecule has 3 amide bonds. The molecule has 1 unspecified atom stereocenters. The van der Waals surface area contributed by atoms with Crippen LogP contribution in [0.15, 0.2) is 24.3 Å². The van der Waals surface area contributed by atoms with Crippen LogP contribution in [0.4, 0.5) is 14.9 Å². The van der Waals surface area contributed by atoms with Crippen LogP contribution in [0.25, 0.3) is 0 Å². The van der Waals surface area contributed by atoms with Gasteiger partial charge in [-0.1, -0.05) is 0 Å². The zero-order valence-electron chi connectivity index (χ0n) is 11.6. The average Bonchev–Trinajstić information content (AvgIpc) is 2.41. The molecule has 1 heterocycles. The Labute approximate surface area is 117 Å². The van der Waals surface area contributed by atoms with E-state index in [0.29, 0.717) is 25.3 Å². The summed E-state index contributed by atoms with van der Waals surface area (Å²) in [6.07, 6.45) is 0. The fraction of sp³-hybridized carbons (Fsp3) is 0.429. The number of nitrogens with zero attached hydrogens (tertiary/aromatic N) is 2. The second-order valence-electron chi connectivity index (χ2n) is 4.94. The first-order valence-corrected chi connectivity index (χ1v) is 6.56. The van der Waals surface area contributed by atoms with Crippen LogP contribution in [-0.2, 0) is 4.79 Å². The van der Waals surface area contributed by atoms with Gasteiger partial charge in [-0.3, -0.25) is 4.79 Å². The molecule has 1 aromatic rings. The van der Waals surface area contributed by atoms with Crippen molar-refractivity contribution in [1.82, 2.24) is 9.80 Å². The zero-order valence-corrected chi connectivity index (χ0v) is 11.6. The molecule has 0 aliphatic carbocycles. The van der Waals surface area contributed by atoms with Crippen molar-refractivity contribution in [3.63, 3.8) is 0 Å². The van der Waals surface area contributed by atoms with E-state index < -0.39 is 0 Å². The Bertz CT molecular complexity index is 504. The van der Waals surface area contributed by atoms with Crippen LogP contribution >= 0.6 is 0 Å². The fourth-order valence-electron chi connectivity index (χ4n) is 2.27. The summed E-state index contributed by atoms with van der Waals surface area (Å²) in [5.41, 5.74) is 0.553. The number of hydrogen-bond donors (Lipinski definition) is 1. The maximum absolute atomic E-state index is 12.8.